The van der Waals surface area contributed by atoms with Gasteiger partial charge in [0.2, 0.25) is 5.91 Å². The van der Waals surface area contributed by atoms with Crippen molar-refractivity contribution in [2.75, 3.05) is 25.0 Å². The van der Waals surface area contributed by atoms with Crippen LogP contribution in [-0.4, -0.2) is 26.0 Å². The van der Waals surface area contributed by atoms with Crippen molar-refractivity contribution < 1.29 is 18.0 Å². The highest BCUT2D eigenvalue weighted by atomic mass is 19.4. The van der Waals surface area contributed by atoms with E-state index in [2.05, 4.69) is 5.32 Å². The van der Waals surface area contributed by atoms with Gasteiger partial charge < -0.3 is 16.0 Å². The summed E-state index contributed by atoms with van der Waals surface area (Å²) in [4.78, 5) is 12.7. The maximum atomic E-state index is 13.0. The van der Waals surface area contributed by atoms with Crippen LogP contribution in [0.3, 0.4) is 0 Å². The van der Waals surface area contributed by atoms with Crippen LogP contribution in [-0.2, 0) is 17.5 Å². The van der Waals surface area contributed by atoms with E-state index < -0.39 is 11.7 Å². The van der Waals surface area contributed by atoms with Crippen LogP contribution in [0.25, 0.3) is 0 Å². The van der Waals surface area contributed by atoms with Gasteiger partial charge in [-0.2, -0.15) is 13.2 Å². The van der Waals surface area contributed by atoms with Crippen molar-refractivity contribution in [2.24, 2.45) is 5.73 Å². The van der Waals surface area contributed by atoms with Gasteiger partial charge in [0.05, 0.1) is 12.1 Å². The van der Waals surface area contributed by atoms with Crippen LogP contribution in [0.4, 0.5) is 18.9 Å². The minimum Gasteiger partial charge on any atom is -0.365 e. The van der Waals surface area contributed by atoms with E-state index in [4.69, 9.17) is 5.73 Å². The van der Waals surface area contributed by atoms with Crippen molar-refractivity contribution in [2.45, 2.75) is 19.6 Å². The van der Waals surface area contributed by atoms with Crippen molar-refractivity contribution >= 4 is 11.6 Å². The Kier molecular flexibility index (Phi) is 5.38. The molecule has 0 saturated carbocycles. The molecule has 3 N–H and O–H groups in total. The fraction of sp³-hybridized carbons (Fsp3) is 0.462. The number of anilines is 1. The molecule has 20 heavy (non-hydrogen) atoms. The molecule has 0 aliphatic rings. The van der Waals surface area contributed by atoms with Gasteiger partial charge in [0.25, 0.3) is 0 Å². The highest BCUT2D eigenvalue weighted by Gasteiger charge is 2.34. The maximum Gasteiger partial charge on any atom is 0.418 e. The molecule has 0 atom stereocenters. The normalized spacial score (nSPS) is 11.3. The maximum absolute atomic E-state index is 13.0. The van der Waals surface area contributed by atoms with Gasteiger partial charge in [-0.25, -0.2) is 0 Å². The predicted molar refractivity (Wildman–Crippen MR) is 71.3 cm³/mol. The molecular weight excluding hydrogens is 271 g/mol. The predicted octanol–water partition coefficient (Wildman–Crippen LogP) is 1.74. The quantitative estimate of drug-likeness (QED) is 0.868. The highest BCUT2D eigenvalue weighted by Crippen LogP contribution is 2.36. The van der Waals surface area contributed by atoms with E-state index >= 15 is 0 Å². The third-order valence-electron chi connectivity index (χ3n) is 2.77. The van der Waals surface area contributed by atoms with Crippen LogP contribution < -0.4 is 16.0 Å². The molecule has 1 rings (SSSR count). The molecule has 4 nitrogen and oxygen atoms in total. The van der Waals surface area contributed by atoms with Crippen molar-refractivity contribution in [1.29, 1.82) is 0 Å². The number of carbonyl (C=O) groups is 1. The largest absolute Gasteiger partial charge is 0.418 e. The van der Waals surface area contributed by atoms with E-state index in [1.807, 2.05) is 0 Å². The van der Waals surface area contributed by atoms with Crippen LogP contribution in [0, 0.1) is 0 Å². The standard InChI is InChI=1S/C13H18F3N3O/c1-3-18-12(20)8-19(2)11-5-4-9(7-17)6-10(11)13(14,15)16/h4-6H,3,7-8,17H2,1-2H3,(H,18,20). The lowest BCUT2D eigenvalue weighted by Crippen LogP contribution is -2.35. The summed E-state index contributed by atoms with van der Waals surface area (Å²) in [6.45, 7) is 2.07. The Bertz CT molecular complexity index is 474. The van der Waals surface area contributed by atoms with Gasteiger partial charge in [0, 0.05) is 25.8 Å². The van der Waals surface area contributed by atoms with Gasteiger partial charge >= 0.3 is 6.18 Å². The summed E-state index contributed by atoms with van der Waals surface area (Å²) in [5, 5.41) is 2.55. The third kappa shape index (κ3) is 4.12. The van der Waals surface area contributed by atoms with E-state index in [-0.39, 0.29) is 24.7 Å². The molecule has 1 aromatic rings. The number of halogens is 3. The topological polar surface area (TPSA) is 58.4 Å². The lowest BCUT2D eigenvalue weighted by molar-refractivity contribution is -0.137. The number of benzene rings is 1. The molecule has 0 fully saturated rings. The average Bonchev–Trinajstić information content (AvgIpc) is 2.37. The molecule has 112 valence electrons. The van der Waals surface area contributed by atoms with Gasteiger partial charge in [-0.3, -0.25) is 4.79 Å². The first-order valence-corrected chi connectivity index (χ1v) is 6.17. The molecule has 0 heterocycles. The molecule has 0 saturated heterocycles. The van der Waals surface area contributed by atoms with Crippen LogP contribution in [0.5, 0.6) is 0 Å². The molecule has 1 aromatic carbocycles. The van der Waals surface area contributed by atoms with Gasteiger partial charge in [0.15, 0.2) is 0 Å². The number of amides is 1. The molecule has 1 amide bonds. The summed E-state index contributed by atoms with van der Waals surface area (Å²) in [6.07, 6.45) is -4.49. The lowest BCUT2D eigenvalue weighted by atomic mass is 10.1. The molecule has 7 heteroatoms. The van der Waals surface area contributed by atoms with Crippen LogP contribution in [0.15, 0.2) is 18.2 Å². The van der Waals surface area contributed by atoms with Crippen molar-refractivity contribution in [3.8, 4) is 0 Å². The molecule has 0 spiro atoms. The van der Waals surface area contributed by atoms with Crippen molar-refractivity contribution in [3.05, 3.63) is 29.3 Å². The highest BCUT2D eigenvalue weighted by molar-refractivity contribution is 5.81. The van der Waals surface area contributed by atoms with Gasteiger partial charge in [0.1, 0.15) is 0 Å². The second kappa shape index (κ2) is 6.60. The van der Waals surface area contributed by atoms with E-state index in [1.54, 1.807) is 6.92 Å². The average molecular weight is 289 g/mol. The Morgan fingerprint density at radius 2 is 2.05 bits per heavy atom. The summed E-state index contributed by atoms with van der Waals surface area (Å²) in [5.74, 6) is -0.328. The number of nitrogens with zero attached hydrogens (tertiary/aromatic N) is 1. The van der Waals surface area contributed by atoms with Gasteiger partial charge in [-0.05, 0) is 24.6 Å². The zero-order valence-corrected chi connectivity index (χ0v) is 11.4. The van der Waals surface area contributed by atoms with Crippen molar-refractivity contribution in [1.82, 2.24) is 5.32 Å². The Hall–Kier alpha value is -1.76. The third-order valence-corrected chi connectivity index (χ3v) is 2.77. The summed E-state index contributed by atoms with van der Waals surface area (Å²) in [6, 6.07) is 3.88. The fourth-order valence-electron chi connectivity index (χ4n) is 1.82. The zero-order valence-electron chi connectivity index (χ0n) is 11.4. The second-order valence-corrected chi connectivity index (χ2v) is 4.36. The minimum atomic E-state index is -4.49. The smallest absolute Gasteiger partial charge is 0.365 e. The molecule has 0 aliphatic carbocycles. The Balaban J connectivity index is 3.07. The molecule has 0 aromatic heterocycles. The Morgan fingerprint density at radius 1 is 1.40 bits per heavy atom. The first-order valence-electron chi connectivity index (χ1n) is 6.17. The number of hydrogen-bond acceptors (Lipinski definition) is 3. The van der Waals surface area contributed by atoms with E-state index in [9.17, 15) is 18.0 Å². The van der Waals surface area contributed by atoms with Crippen LogP contribution >= 0.6 is 0 Å². The summed E-state index contributed by atoms with van der Waals surface area (Å²) < 4.78 is 39.1. The summed E-state index contributed by atoms with van der Waals surface area (Å²) >= 11 is 0. The van der Waals surface area contributed by atoms with Gasteiger partial charge in [-0.1, -0.05) is 6.07 Å². The number of alkyl halides is 3. The molecular formula is C13H18F3N3O. The molecule has 0 unspecified atom stereocenters. The Morgan fingerprint density at radius 3 is 2.55 bits per heavy atom. The van der Waals surface area contributed by atoms with Gasteiger partial charge in [-0.15, -0.1) is 0 Å². The van der Waals surface area contributed by atoms with E-state index in [0.717, 1.165) is 6.07 Å². The zero-order chi connectivity index (χ0) is 15.3. The number of nitrogens with one attached hydrogen (secondary N) is 1. The minimum absolute atomic E-state index is 0.0311. The molecule has 0 bridgehead atoms. The molecule has 0 aliphatic heterocycles. The number of rotatable bonds is 5. The Labute approximate surface area is 115 Å². The number of hydrogen-bond donors (Lipinski definition) is 2. The first-order chi connectivity index (χ1) is 9.29. The molecule has 0 radical (unpaired) electrons. The monoisotopic (exact) mass is 289 g/mol. The van der Waals surface area contributed by atoms with Crippen molar-refractivity contribution in [3.63, 3.8) is 0 Å². The lowest BCUT2D eigenvalue weighted by Gasteiger charge is -2.23. The fourth-order valence-corrected chi connectivity index (χ4v) is 1.82. The summed E-state index contributed by atoms with van der Waals surface area (Å²) in [7, 11) is 1.45. The van der Waals surface area contributed by atoms with Crippen LogP contribution in [0.2, 0.25) is 0 Å². The number of likely N-dealkylation sites (N-methyl/N-ethyl adjacent to an activating group) is 2. The van der Waals surface area contributed by atoms with E-state index in [0.29, 0.717) is 12.1 Å². The number of nitrogens with two attached hydrogens (primary N) is 1. The van der Waals surface area contributed by atoms with Crippen LogP contribution in [0.1, 0.15) is 18.1 Å². The first kappa shape index (κ1) is 16.3. The summed E-state index contributed by atoms with van der Waals surface area (Å²) in [5.41, 5.74) is 4.93. The van der Waals surface area contributed by atoms with E-state index in [1.165, 1.54) is 24.1 Å². The SMILES string of the molecule is CCNC(=O)CN(C)c1ccc(CN)cc1C(F)(F)F. The second-order valence-electron chi connectivity index (χ2n) is 4.36. The number of carbonyl (C=O) groups excluding carboxylic acids is 1.